The predicted octanol–water partition coefficient (Wildman–Crippen LogP) is 0.694. The Morgan fingerprint density at radius 1 is 0.812 bits per heavy atom. The van der Waals surface area contributed by atoms with Crippen LogP contribution in [0.25, 0.3) is 0 Å². The summed E-state index contributed by atoms with van der Waals surface area (Å²) in [5.41, 5.74) is 0. The minimum atomic E-state index is -1.89. The molecule has 98 valence electrons. The van der Waals surface area contributed by atoms with Crippen molar-refractivity contribution in [2.45, 2.75) is 27.7 Å². The van der Waals surface area contributed by atoms with Crippen molar-refractivity contribution in [3.63, 3.8) is 0 Å². The molecule has 0 aromatic carbocycles. The normalized spacial score (nSPS) is 13.1. The largest absolute Gasteiger partial charge is 0.368 e. The van der Waals surface area contributed by atoms with E-state index in [1.165, 1.54) is 0 Å². The summed E-state index contributed by atoms with van der Waals surface area (Å²) >= 11 is 0. The number of rotatable bonds is 8. The second-order valence-electron chi connectivity index (χ2n) is 5.15. The maximum Gasteiger partial charge on any atom is 0.368 e. The van der Waals surface area contributed by atoms with Gasteiger partial charge >= 0.3 is 8.72 Å². The molecule has 0 saturated heterocycles. The zero-order chi connectivity index (χ0) is 12.8. The van der Waals surface area contributed by atoms with Gasteiger partial charge in [0.1, 0.15) is 0 Å². The van der Waals surface area contributed by atoms with Crippen LogP contribution in [0.5, 0.6) is 0 Å². The molecule has 0 fully saturated rings. The predicted molar refractivity (Wildman–Crippen MR) is 74.2 cm³/mol. The lowest BCUT2D eigenvalue weighted by Crippen LogP contribution is -2.79. The average Bonchev–Trinajstić information content (AvgIpc) is 2.19. The van der Waals surface area contributed by atoms with Gasteiger partial charge in [0.25, 0.3) is 0 Å². The van der Waals surface area contributed by atoms with E-state index in [0.717, 1.165) is 13.1 Å². The Kier molecular flexibility index (Phi) is 7.42. The van der Waals surface area contributed by atoms with Crippen LogP contribution in [-0.2, 0) is 0 Å². The molecule has 0 radical (unpaired) electrons. The summed E-state index contributed by atoms with van der Waals surface area (Å²) in [6, 6.07) is 0. The number of nitrogens with zero attached hydrogens (tertiary/aromatic N) is 1. The van der Waals surface area contributed by atoms with Gasteiger partial charge in [-0.25, -0.2) is 0 Å². The number of nitrogens with one attached hydrogen (secondary N) is 3. The second-order valence-corrected chi connectivity index (χ2v) is 8.71. The van der Waals surface area contributed by atoms with Crippen LogP contribution in [0.2, 0.25) is 0 Å². The lowest BCUT2D eigenvalue weighted by Gasteiger charge is -2.41. The quantitative estimate of drug-likeness (QED) is 0.551. The van der Waals surface area contributed by atoms with Crippen molar-refractivity contribution in [2.75, 3.05) is 34.2 Å². The topological polar surface area (TPSA) is 39.3 Å². The van der Waals surface area contributed by atoms with Crippen molar-refractivity contribution >= 4 is 8.72 Å². The molecule has 0 aromatic heterocycles. The van der Waals surface area contributed by atoms with Crippen LogP contribution in [0.1, 0.15) is 27.7 Å². The third-order valence-corrected chi connectivity index (χ3v) is 6.22. The molecule has 0 aliphatic rings. The van der Waals surface area contributed by atoms with Crippen molar-refractivity contribution < 1.29 is 0 Å². The van der Waals surface area contributed by atoms with Crippen LogP contribution < -0.4 is 14.9 Å². The summed E-state index contributed by atoms with van der Waals surface area (Å²) in [5, 5.41) is 0. The lowest BCUT2D eigenvalue weighted by atomic mass is 10.2. The van der Waals surface area contributed by atoms with E-state index < -0.39 is 8.72 Å². The van der Waals surface area contributed by atoms with E-state index in [2.05, 4.69) is 47.2 Å². The fraction of sp³-hybridized carbons (Fsp3) is 1.00. The van der Waals surface area contributed by atoms with Crippen molar-refractivity contribution in [2.24, 2.45) is 11.8 Å². The third kappa shape index (κ3) is 4.51. The first-order valence-electron chi connectivity index (χ1n) is 6.23. The molecule has 0 spiro atoms. The smallest absolute Gasteiger partial charge is 0.303 e. The minimum Gasteiger partial charge on any atom is -0.303 e. The van der Waals surface area contributed by atoms with Gasteiger partial charge in [0.2, 0.25) is 0 Å². The van der Waals surface area contributed by atoms with Gasteiger partial charge in [-0.1, -0.05) is 27.7 Å². The number of hydrogen-bond acceptors (Lipinski definition) is 4. The molecular formula is C11H30N4Si. The van der Waals surface area contributed by atoms with E-state index in [-0.39, 0.29) is 0 Å². The molecule has 0 saturated carbocycles. The van der Waals surface area contributed by atoms with Gasteiger partial charge in [-0.2, -0.15) is 0 Å². The lowest BCUT2D eigenvalue weighted by molar-refractivity contribution is 0.310. The first kappa shape index (κ1) is 16.1. The molecule has 4 nitrogen and oxygen atoms in total. The fourth-order valence-electron chi connectivity index (χ4n) is 2.08. The van der Waals surface area contributed by atoms with E-state index in [0.29, 0.717) is 11.8 Å². The first-order chi connectivity index (χ1) is 7.41. The van der Waals surface area contributed by atoms with E-state index >= 15 is 0 Å². The van der Waals surface area contributed by atoms with E-state index in [1.54, 1.807) is 0 Å². The Hall–Kier alpha value is 0.0569. The molecule has 3 N–H and O–H groups in total. The summed E-state index contributed by atoms with van der Waals surface area (Å²) in [4.78, 5) is 10.4. The Morgan fingerprint density at radius 3 is 1.31 bits per heavy atom. The van der Waals surface area contributed by atoms with Gasteiger partial charge in [0.15, 0.2) is 0 Å². The first-order valence-corrected chi connectivity index (χ1v) is 8.18. The molecule has 0 aromatic rings. The van der Waals surface area contributed by atoms with E-state index in [1.807, 2.05) is 21.1 Å². The molecule has 16 heavy (non-hydrogen) atoms. The van der Waals surface area contributed by atoms with Crippen molar-refractivity contribution in [1.29, 1.82) is 0 Å². The van der Waals surface area contributed by atoms with Gasteiger partial charge in [-0.05, 0) is 46.1 Å². The third-order valence-electron chi connectivity index (χ3n) is 2.73. The van der Waals surface area contributed by atoms with Crippen molar-refractivity contribution in [3.05, 3.63) is 0 Å². The number of hydrogen-bond donors (Lipinski definition) is 3. The van der Waals surface area contributed by atoms with Crippen LogP contribution >= 0.6 is 0 Å². The molecule has 5 heteroatoms. The monoisotopic (exact) mass is 246 g/mol. The summed E-state index contributed by atoms with van der Waals surface area (Å²) in [5.74, 6) is 1.36. The standard InChI is InChI=1S/C11H30N4Si/c1-10(2)8-15(9-11(3)4)16(12-5,13-6)14-7/h10-14H,8-9H2,1-7H3. The highest BCUT2D eigenvalue weighted by Crippen LogP contribution is 2.08. The molecule has 0 aliphatic carbocycles. The molecule has 0 aliphatic heterocycles. The van der Waals surface area contributed by atoms with Crippen molar-refractivity contribution in [3.8, 4) is 0 Å². The van der Waals surface area contributed by atoms with Gasteiger partial charge < -0.3 is 14.9 Å². The maximum atomic E-state index is 3.47. The van der Waals surface area contributed by atoms with Gasteiger partial charge in [-0.15, -0.1) is 0 Å². The zero-order valence-corrected chi connectivity index (χ0v) is 13.0. The maximum absolute atomic E-state index is 3.47. The van der Waals surface area contributed by atoms with E-state index in [4.69, 9.17) is 0 Å². The highest BCUT2D eigenvalue weighted by atomic mass is 28.4. The highest BCUT2D eigenvalue weighted by Gasteiger charge is 2.37. The Labute approximate surface area is 102 Å². The molecule has 0 amide bonds. The molecule has 0 unspecified atom stereocenters. The summed E-state index contributed by atoms with van der Waals surface area (Å²) < 4.78 is 2.56. The summed E-state index contributed by atoms with van der Waals surface area (Å²) in [6.07, 6.45) is 0. The fourth-order valence-corrected chi connectivity index (χ4v) is 5.06. The molecule has 0 rings (SSSR count). The Bertz CT molecular complexity index is 163. The molecular weight excluding hydrogens is 216 g/mol. The van der Waals surface area contributed by atoms with Crippen LogP contribution in [0, 0.1) is 11.8 Å². The molecule has 0 atom stereocenters. The zero-order valence-electron chi connectivity index (χ0n) is 12.0. The Morgan fingerprint density at radius 2 is 1.12 bits per heavy atom. The van der Waals surface area contributed by atoms with Crippen LogP contribution in [-0.4, -0.2) is 47.5 Å². The second kappa shape index (κ2) is 7.40. The summed E-state index contributed by atoms with van der Waals surface area (Å²) in [6.45, 7) is 11.3. The van der Waals surface area contributed by atoms with Gasteiger partial charge in [0, 0.05) is 0 Å². The van der Waals surface area contributed by atoms with Crippen LogP contribution in [0.4, 0.5) is 0 Å². The SMILES string of the molecule is CN[Si](NC)(NC)N(CC(C)C)CC(C)C. The van der Waals surface area contributed by atoms with Crippen LogP contribution in [0.15, 0.2) is 0 Å². The molecule has 0 bridgehead atoms. The van der Waals surface area contributed by atoms with E-state index in [9.17, 15) is 0 Å². The van der Waals surface area contributed by atoms with Gasteiger partial charge in [-0.3, -0.25) is 4.57 Å². The van der Waals surface area contributed by atoms with Crippen LogP contribution in [0.3, 0.4) is 0 Å². The highest BCUT2D eigenvalue weighted by molar-refractivity contribution is 6.69. The Balaban J connectivity index is 4.80. The average molecular weight is 246 g/mol. The van der Waals surface area contributed by atoms with Crippen molar-refractivity contribution in [1.82, 2.24) is 19.5 Å². The minimum absolute atomic E-state index is 0.681. The van der Waals surface area contributed by atoms with Gasteiger partial charge in [0.05, 0.1) is 0 Å². The molecule has 0 heterocycles. The summed E-state index contributed by atoms with van der Waals surface area (Å²) in [7, 11) is 4.21.